The van der Waals surface area contributed by atoms with E-state index < -0.39 is 11.6 Å². The molecule has 7 nitrogen and oxygen atoms in total. The van der Waals surface area contributed by atoms with Crippen molar-refractivity contribution in [1.82, 2.24) is 9.88 Å². The van der Waals surface area contributed by atoms with Crippen molar-refractivity contribution in [2.45, 2.75) is 25.0 Å². The van der Waals surface area contributed by atoms with Crippen molar-refractivity contribution >= 4 is 11.9 Å². The molecule has 1 N–H and O–H groups in total. The Morgan fingerprint density at radius 1 is 1.45 bits per heavy atom. The van der Waals surface area contributed by atoms with Gasteiger partial charge in [0, 0.05) is 25.8 Å². The van der Waals surface area contributed by atoms with Crippen LogP contribution in [0.2, 0.25) is 0 Å². The number of ether oxygens (including phenoxy) is 2. The first-order chi connectivity index (χ1) is 10.5. The third-order valence-corrected chi connectivity index (χ3v) is 3.99. The van der Waals surface area contributed by atoms with E-state index in [1.54, 1.807) is 4.90 Å². The van der Waals surface area contributed by atoms with Crippen LogP contribution in [0.5, 0.6) is 0 Å². The standard InChI is InChI=1S/C15H18N2O5/c1-10-7-17(8-15(22-10)4-5-21-9-15)13(18)11-2-3-12(14(19)20)16-6-11/h2-3,6,10H,4-5,7-9H2,1H3,(H,19,20). The molecule has 1 amide bonds. The maximum absolute atomic E-state index is 12.6. The van der Waals surface area contributed by atoms with Crippen molar-refractivity contribution in [3.8, 4) is 0 Å². The topological polar surface area (TPSA) is 89.0 Å². The molecule has 22 heavy (non-hydrogen) atoms. The Morgan fingerprint density at radius 2 is 2.27 bits per heavy atom. The van der Waals surface area contributed by atoms with Gasteiger partial charge in [-0.1, -0.05) is 0 Å². The fraction of sp³-hybridized carbons (Fsp3) is 0.533. The summed E-state index contributed by atoms with van der Waals surface area (Å²) < 4.78 is 11.4. The molecule has 2 aliphatic rings. The fourth-order valence-corrected chi connectivity index (χ4v) is 3.01. The number of rotatable bonds is 2. The van der Waals surface area contributed by atoms with Crippen LogP contribution in [-0.2, 0) is 9.47 Å². The van der Waals surface area contributed by atoms with E-state index in [-0.39, 0.29) is 17.7 Å². The third-order valence-electron chi connectivity index (χ3n) is 3.99. The molecular weight excluding hydrogens is 288 g/mol. The van der Waals surface area contributed by atoms with Crippen molar-refractivity contribution in [3.63, 3.8) is 0 Å². The lowest BCUT2D eigenvalue weighted by Crippen LogP contribution is -2.57. The average Bonchev–Trinajstić information content (AvgIpc) is 2.93. The van der Waals surface area contributed by atoms with Gasteiger partial charge in [0.1, 0.15) is 11.3 Å². The molecule has 3 rings (SSSR count). The Kier molecular flexibility index (Phi) is 3.84. The molecule has 1 aromatic rings. The second-order valence-electron chi connectivity index (χ2n) is 5.84. The van der Waals surface area contributed by atoms with Gasteiger partial charge in [0.2, 0.25) is 0 Å². The molecule has 0 radical (unpaired) electrons. The van der Waals surface area contributed by atoms with Crippen LogP contribution >= 0.6 is 0 Å². The van der Waals surface area contributed by atoms with Gasteiger partial charge >= 0.3 is 5.97 Å². The summed E-state index contributed by atoms with van der Waals surface area (Å²) in [6, 6.07) is 2.84. The van der Waals surface area contributed by atoms with Gasteiger partial charge < -0.3 is 19.5 Å². The summed E-state index contributed by atoms with van der Waals surface area (Å²) in [6.45, 7) is 4.06. The Morgan fingerprint density at radius 3 is 2.86 bits per heavy atom. The van der Waals surface area contributed by atoms with Crippen LogP contribution in [0.15, 0.2) is 18.3 Å². The first kappa shape index (κ1) is 14.9. The molecule has 2 aliphatic heterocycles. The van der Waals surface area contributed by atoms with Gasteiger partial charge in [-0.3, -0.25) is 4.79 Å². The monoisotopic (exact) mass is 306 g/mol. The number of carbonyl (C=O) groups is 2. The van der Waals surface area contributed by atoms with Gasteiger partial charge in [0.15, 0.2) is 0 Å². The molecule has 2 atom stereocenters. The van der Waals surface area contributed by atoms with Crippen LogP contribution in [-0.4, -0.2) is 64.9 Å². The number of amides is 1. The largest absolute Gasteiger partial charge is 0.477 e. The highest BCUT2D eigenvalue weighted by Gasteiger charge is 2.44. The van der Waals surface area contributed by atoms with Gasteiger partial charge in [-0.05, 0) is 19.1 Å². The quantitative estimate of drug-likeness (QED) is 0.869. The normalized spacial score (nSPS) is 28.0. The van der Waals surface area contributed by atoms with Crippen molar-refractivity contribution in [1.29, 1.82) is 0 Å². The molecule has 1 aromatic heterocycles. The number of carboxylic acid groups (broad SMARTS) is 1. The number of aromatic carboxylic acids is 1. The van der Waals surface area contributed by atoms with Crippen LogP contribution in [0, 0.1) is 0 Å². The highest BCUT2D eigenvalue weighted by molar-refractivity contribution is 5.95. The number of pyridine rings is 1. The number of nitrogens with zero attached hydrogens (tertiary/aromatic N) is 2. The molecule has 1 spiro atoms. The minimum Gasteiger partial charge on any atom is -0.477 e. The lowest BCUT2D eigenvalue weighted by atomic mass is 9.99. The van der Waals surface area contributed by atoms with E-state index in [9.17, 15) is 9.59 Å². The van der Waals surface area contributed by atoms with E-state index >= 15 is 0 Å². The molecule has 2 fully saturated rings. The van der Waals surface area contributed by atoms with E-state index in [2.05, 4.69) is 4.98 Å². The Balaban J connectivity index is 1.77. The van der Waals surface area contributed by atoms with Crippen LogP contribution in [0.4, 0.5) is 0 Å². The number of aromatic nitrogens is 1. The summed E-state index contributed by atoms with van der Waals surface area (Å²) in [4.78, 5) is 29.0. The number of hydrogen-bond acceptors (Lipinski definition) is 5. The zero-order valence-corrected chi connectivity index (χ0v) is 12.3. The van der Waals surface area contributed by atoms with E-state index in [0.29, 0.717) is 31.9 Å². The van der Waals surface area contributed by atoms with Crippen LogP contribution < -0.4 is 0 Å². The minimum absolute atomic E-state index is 0.0642. The number of morpholine rings is 1. The van der Waals surface area contributed by atoms with Crippen molar-refractivity contribution < 1.29 is 24.2 Å². The second-order valence-corrected chi connectivity index (χ2v) is 5.84. The molecular formula is C15H18N2O5. The van der Waals surface area contributed by atoms with E-state index in [0.717, 1.165) is 6.42 Å². The Hall–Kier alpha value is -1.99. The number of hydrogen-bond donors (Lipinski definition) is 1. The molecule has 2 unspecified atom stereocenters. The van der Waals surface area contributed by atoms with Crippen LogP contribution in [0.3, 0.4) is 0 Å². The van der Waals surface area contributed by atoms with Crippen molar-refractivity contribution in [3.05, 3.63) is 29.6 Å². The predicted octanol–water partition coefficient (Wildman–Crippen LogP) is 0.800. The molecule has 7 heteroatoms. The summed E-state index contributed by atoms with van der Waals surface area (Å²) >= 11 is 0. The molecule has 0 aliphatic carbocycles. The molecule has 3 heterocycles. The first-order valence-electron chi connectivity index (χ1n) is 7.23. The maximum Gasteiger partial charge on any atom is 0.354 e. The molecule has 0 bridgehead atoms. The predicted molar refractivity (Wildman–Crippen MR) is 75.8 cm³/mol. The van der Waals surface area contributed by atoms with Crippen molar-refractivity contribution in [2.75, 3.05) is 26.3 Å². The zero-order chi connectivity index (χ0) is 15.7. The van der Waals surface area contributed by atoms with Gasteiger partial charge in [0.25, 0.3) is 5.91 Å². The van der Waals surface area contributed by atoms with Crippen LogP contribution in [0.1, 0.15) is 34.2 Å². The summed E-state index contributed by atoms with van der Waals surface area (Å²) in [5.41, 5.74) is -0.109. The number of carbonyl (C=O) groups excluding carboxylic acids is 1. The Bertz CT molecular complexity index is 580. The SMILES string of the molecule is CC1CN(C(=O)c2ccc(C(=O)O)nc2)CC2(CCOC2)O1. The Labute approximate surface area is 127 Å². The molecule has 0 aromatic carbocycles. The van der Waals surface area contributed by atoms with E-state index in [4.69, 9.17) is 14.6 Å². The number of carboxylic acids is 1. The summed E-state index contributed by atoms with van der Waals surface area (Å²) in [5, 5.41) is 8.85. The van der Waals surface area contributed by atoms with E-state index in [1.807, 2.05) is 6.92 Å². The first-order valence-corrected chi connectivity index (χ1v) is 7.23. The third kappa shape index (κ3) is 2.82. The second kappa shape index (κ2) is 5.66. The zero-order valence-electron chi connectivity index (χ0n) is 12.3. The average molecular weight is 306 g/mol. The lowest BCUT2D eigenvalue weighted by Gasteiger charge is -2.42. The highest BCUT2D eigenvalue weighted by atomic mass is 16.6. The molecule has 118 valence electrons. The van der Waals surface area contributed by atoms with Crippen molar-refractivity contribution in [2.24, 2.45) is 0 Å². The van der Waals surface area contributed by atoms with Gasteiger partial charge in [0.05, 0.1) is 24.8 Å². The van der Waals surface area contributed by atoms with Gasteiger partial charge in [-0.25, -0.2) is 9.78 Å². The molecule has 2 saturated heterocycles. The summed E-state index contributed by atoms with van der Waals surface area (Å²) in [6.07, 6.45) is 2.02. The minimum atomic E-state index is -1.11. The summed E-state index contributed by atoms with van der Waals surface area (Å²) in [7, 11) is 0. The fourth-order valence-electron chi connectivity index (χ4n) is 3.01. The van der Waals surface area contributed by atoms with Crippen LogP contribution in [0.25, 0.3) is 0 Å². The smallest absolute Gasteiger partial charge is 0.354 e. The van der Waals surface area contributed by atoms with E-state index in [1.165, 1.54) is 18.3 Å². The maximum atomic E-state index is 12.6. The lowest BCUT2D eigenvalue weighted by molar-refractivity contribution is -0.138. The molecule has 0 saturated carbocycles. The highest BCUT2D eigenvalue weighted by Crippen LogP contribution is 2.30. The van der Waals surface area contributed by atoms with Gasteiger partial charge in [-0.2, -0.15) is 0 Å². The van der Waals surface area contributed by atoms with Gasteiger partial charge in [-0.15, -0.1) is 0 Å². The summed E-state index contributed by atoms with van der Waals surface area (Å²) in [5.74, 6) is -1.27.